The van der Waals surface area contributed by atoms with Gasteiger partial charge in [-0.25, -0.2) is 0 Å². The summed E-state index contributed by atoms with van der Waals surface area (Å²) in [5.74, 6) is 0. The molecular formula is C16H26N4. The van der Waals surface area contributed by atoms with Gasteiger partial charge >= 0.3 is 0 Å². The SMILES string of the molecule is CC(C)(C)C1=C2CN(C#N)CCN2C=NC1C(C)(C)C. The molecule has 0 aromatic carbocycles. The van der Waals surface area contributed by atoms with Gasteiger partial charge in [0.2, 0.25) is 0 Å². The number of piperazine rings is 1. The van der Waals surface area contributed by atoms with Crippen molar-refractivity contribution in [1.82, 2.24) is 9.80 Å². The molecule has 0 radical (unpaired) electrons. The van der Waals surface area contributed by atoms with Gasteiger partial charge in [-0.15, -0.1) is 0 Å². The van der Waals surface area contributed by atoms with Crippen molar-refractivity contribution in [1.29, 1.82) is 5.26 Å². The Morgan fingerprint density at radius 1 is 1.20 bits per heavy atom. The summed E-state index contributed by atoms with van der Waals surface area (Å²) in [5, 5.41) is 9.20. The van der Waals surface area contributed by atoms with Crippen LogP contribution in [0.5, 0.6) is 0 Å². The van der Waals surface area contributed by atoms with E-state index in [9.17, 15) is 5.26 Å². The lowest BCUT2D eigenvalue weighted by molar-refractivity contribution is 0.248. The van der Waals surface area contributed by atoms with Crippen LogP contribution in [-0.2, 0) is 0 Å². The van der Waals surface area contributed by atoms with E-state index in [0.29, 0.717) is 6.54 Å². The van der Waals surface area contributed by atoms with E-state index in [1.54, 1.807) is 0 Å². The number of fused-ring (bicyclic) bond motifs is 1. The third kappa shape index (κ3) is 2.67. The zero-order valence-electron chi connectivity index (χ0n) is 13.6. The Morgan fingerprint density at radius 2 is 1.85 bits per heavy atom. The van der Waals surface area contributed by atoms with Crippen molar-refractivity contribution < 1.29 is 0 Å². The van der Waals surface area contributed by atoms with Crippen LogP contribution in [0, 0.1) is 22.3 Å². The zero-order valence-corrected chi connectivity index (χ0v) is 13.6. The molecule has 0 amide bonds. The Labute approximate surface area is 122 Å². The first-order valence-corrected chi connectivity index (χ1v) is 7.33. The van der Waals surface area contributed by atoms with Crippen molar-refractivity contribution in [2.75, 3.05) is 19.6 Å². The first-order chi connectivity index (χ1) is 9.14. The molecule has 4 nitrogen and oxygen atoms in total. The predicted molar refractivity (Wildman–Crippen MR) is 82.1 cm³/mol. The summed E-state index contributed by atoms with van der Waals surface area (Å²) in [5.41, 5.74) is 2.81. The van der Waals surface area contributed by atoms with Crippen LogP contribution in [0.3, 0.4) is 0 Å². The van der Waals surface area contributed by atoms with Gasteiger partial charge < -0.3 is 9.80 Å². The van der Waals surface area contributed by atoms with Gasteiger partial charge in [0.25, 0.3) is 0 Å². The first-order valence-electron chi connectivity index (χ1n) is 7.33. The lowest BCUT2D eigenvalue weighted by Gasteiger charge is -2.45. The molecule has 20 heavy (non-hydrogen) atoms. The second-order valence-corrected chi connectivity index (χ2v) is 7.86. The monoisotopic (exact) mass is 274 g/mol. The fraction of sp³-hybridized carbons (Fsp3) is 0.750. The molecule has 1 saturated heterocycles. The van der Waals surface area contributed by atoms with Crippen molar-refractivity contribution in [3.8, 4) is 6.19 Å². The molecule has 110 valence electrons. The number of rotatable bonds is 0. The lowest BCUT2D eigenvalue weighted by Crippen LogP contribution is -2.48. The Bertz CT molecular complexity index is 482. The molecular weight excluding hydrogens is 248 g/mol. The number of nitriles is 1. The van der Waals surface area contributed by atoms with Crippen LogP contribution in [0.25, 0.3) is 0 Å². The van der Waals surface area contributed by atoms with Gasteiger partial charge in [0.1, 0.15) is 0 Å². The summed E-state index contributed by atoms with van der Waals surface area (Å²) in [6.07, 6.45) is 4.27. The topological polar surface area (TPSA) is 42.6 Å². The van der Waals surface area contributed by atoms with Crippen molar-refractivity contribution in [2.45, 2.75) is 47.6 Å². The second kappa shape index (κ2) is 4.80. The largest absolute Gasteiger partial charge is 0.333 e. The van der Waals surface area contributed by atoms with E-state index in [-0.39, 0.29) is 16.9 Å². The number of hydrogen-bond donors (Lipinski definition) is 0. The number of nitrogens with zero attached hydrogens (tertiary/aromatic N) is 4. The summed E-state index contributed by atoms with van der Waals surface area (Å²) in [7, 11) is 0. The number of hydrogen-bond acceptors (Lipinski definition) is 4. The molecule has 0 bridgehead atoms. The second-order valence-electron chi connectivity index (χ2n) is 7.86. The molecule has 0 aromatic heterocycles. The van der Waals surface area contributed by atoms with Crippen LogP contribution in [0.4, 0.5) is 0 Å². The van der Waals surface area contributed by atoms with E-state index in [2.05, 4.69) is 52.6 Å². The van der Waals surface area contributed by atoms with E-state index in [4.69, 9.17) is 4.99 Å². The highest BCUT2D eigenvalue weighted by atomic mass is 15.3. The summed E-state index contributed by atoms with van der Waals surface area (Å²) in [4.78, 5) is 8.90. The maximum absolute atomic E-state index is 9.20. The molecule has 2 aliphatic rings. The van der Waals surface area contributed by atoms with Crippen molar-refractivity contribution >= 4 is 6.34 Å². The minimum atomic E-state index is 0.0573. The minimum absolute atomic E-state index is 0.0573. The zero-order chi connectivity index (χ0) is 15.1. The molecule has 0 N–H and O–H groups in total. The van der Waals surface area contributed by atoms with Gasteiger partial charge in [0, 0.05) is 18.8 Å². The summed E-state index contributed by atoms with van der Waals surface area (Å²) < 4.78 is 0. The fourth-order valence-corrected chi connectivity index (χ4v) is 3.05. The Morgan fingerprint density at radius 3 is 2.35 bits per heavy atom. The highest BCUT2D eigenvalue weighted by Crippen LogP contribution is 2.42. The molecule has 2 heterocycles. The van der Waals surface area contributed by atoms with Gasteiger partial charge in [-0.3, -0.25) is 4.99 Å². The van der Waals surface area contributed by atoms with Crippen LogP contribution in [0.15, 0.2) is 16.3 Å². The number of aliphatic imine (C=N–C) groups is 1. The molecule has 0 saturated carbocycles. The molecule has 1 fully saturated rings. The molecule has 0 spiro atoms. The third-order valence-electron chi connectivity index (χ3n) is 4.01. The standard InChI is InChI=1S/C16H26N4/c1-15(2,3)13-12-9-19(10-17)7-8-20(12)11-18-14(13)16(4,5)6/h11,14H,7-9H2,1-6H3. The van der Waals surface area contributed by atoms with Crippen molar-refractivity contribution in [3.05, 3.63) is 11.3 Å². The smallest absolute Gasteiger partial charge is 0.179 e. The highest BCUT2D eigenvalue weighted by molar-refractivity contribution is 5.63. The van der Waals surface area contributed by atoms with Crippen LogP contribution in [0.2, 0.25) is 0 Å². The maximum Gasteiger partial charge on any atom is 0.179 e. The maximum atomic E-state index is 9.20. The molecule has 1 atom stereocenters. The lowest BCUT2D eigenvalue weighted by atomic mass is 9.71. The summed E-state index contributed by atoms with van der Waals surface area (Å²) in [6, 6.07) is 0.187. The van der Waals surface area contributed by atoms with Gasteiger partial charge in [0.05, 0.1) is 18.9 Å². The average Bonchev–Trinajstić information content (AvgIpc) is 2.34. The Kier molecular flexibility index (Phi) is 3.58. The van der Waals surface area contributed by atoms with Crippen molar-refractivity contribution in [2.24, 2.45) is 15.8 Å². The van der Waals surface area contributed by atoms with Gasteiger partial charge in [-0.2, -0.15) is 5.26 Å². The fourth-order valence-electron chi connectivity index (χ4n) is 3.05. The predicted octanol–water partition coefficient (Wildman–Crippen LogP) is 2.84. The summed E-state index contributed by atoms with van der Waals surface area (Å²) >= 11 is 0. The quantitative estimate of drug-likeness (QED) is 0.638. The molecule has 2 rings (SSSR count). The molecule has 2 aliphatic heterocycles. The van der Waals surface area contributed by atoms with Crippen LogP contribution in [-0.4, -0.2) is 41.8 Å². The minimum Gasteiger partial charge on any atom is -0.333 e. The molecule has 0 aliphatic carbocycles. The highest BCUT2D eigenvalue weighted by Gasteiger charge is 2.40. The third-order valence-corrected chi connectivity index (χ3v) is 4.01. The average molecular weight is 274 g/mol. The normalized spacial score (nSPS) is 23.8. The van der Waals surface area contributed by atoms with Crippen molar-refractivity contribution in [3.63, 3.8) is 0 Å². The van der Waals surface area contributed by atoms with E-state index in [1.807, 2.05) is 11.2 Å². The van der Waals surface area contributed by atoms with E-state index in [0.717, 1.165) is 13.1 Å². The Balaban J connectivity index is 2.51. The molecule has 0 aromatic rings. The first kappa shape index (κ1) is 14.9. The van der Waals surface area contributed by atoms with E-state index in [1.165, 1.54) is 11.3 Å². The Hall–Kier alpha value is -1.50. The summed E-state index contributed by atoms with van der Waals surface area (Å²) in [6.45, 7) is 15.8. The molecule has 1 unspecified atom stereocenters. The van der Waals surface area contributed by atoms with E-state index >= 15 is 0 Å². The van der Waals surface area contributed by atoms with Crippen LogP contribution in [0.1, 0.15) is 41.5 Å². The van der Waals surface area contributed by atoms with Gasteiger partial charge in [-0.05, 0) is 16.4 Å². The molecule has 4 heteroatoms. The van der Waals surface area contributed by atoms with Gasteiger partial charge in [0.15, 0.2) is 6.19 Å². The van der Waals surface area contributed by atoms with E-state index < -0.39 is 0 Å². The van der Waals surface area contributed by atoms with Crippen LogP contribution >= 0.6 is 0 Å². The van der Waals surface area contributed by atoms with Crippen LogP contribution < -0.4 is 0 Å². The van der Waals surface area contributed by atoms with Gasteiger partial charge in [-0.1, -0.05) is 41.5 Å².